The maximum absolute atomic E-state index is 12.4. The number of furan rings is 1. The third kappa shape index (κ3) is 4.22. The van der Waals surface area contributed by atoms with E-state index in [4.69, 9.17) is 13.9 Å². The van der Waals surface area contributed by atoms with Gasteiger partial charge in [0, 0.05) is 11.9 Å². The molecular formula is C19H19NO4S. The SMILES string of the molecule is COc1ccccc1OCc1ccc(C(=O)N(C)Cc2cccs2)o1. The van der Waals surface area contributed by atoms with Gasteiger partial charge in [-0.3, -0.25) is 4.79 Å². The van der Waals surface area contributed by atoms with E-state index >= 15 is 0 Å². The smallest absolute Gasteiger partial charge is 0.289 e. The minimum Gasteiger partial charge on any atom is -0.493 e. The van der Waals surface area contributed by atoms with Crippen molar-refractivity contribution in [3.8, 4) is 11.5 Å². The number of nitrogens with zero attached hydrogens (tertiary/aromatic N) is 1. The van der Waals surface area contributed by atoms with Gasteiger partial charge < -0.3 is 18.8 Å². The van der Waals surface area contributed by atoms with Crippen LogP contribution in [0.1, 0.15) is 21.2 Å². The third-order valence-corrected chi connectivity index (χ3v) is 4.49. The molecule has 1 aromatic carbocycles. The number of amides is 1. The lowest BCUT2D eigenvalue weighted by Crippen LogP contribution is -2.25. The van der Waals surface area contributed by atoms with E-state index in [2.05, 4.69) is 0 Å². The highest BCUT2D eigenvalue weighted by atomic mass is 32.1. The quantitative estimate of drug-likeness (QED) is 0.636. The van der Waals surface area contributed by atoms with Crippen molar-refractivity contribution in [1.29, 1.82) is 0 Å². The molecule has 0 saturated carbocycles. The Hall–Kier alpha value is -2.73. The standard InChI is InChI=1S/C19H19NO4S/c1-20(12-15-6-5-11-25-15)19(21)18-10-9-14(24-18)13-23-17-8-4-3-7-16(17)22-2/h3-11H,12-13H2,1-2H3. The molecule has 0 spiro atoms. The average molecular weight is 357 g/mol. The molecule has 3 rings (SSSR count). The van der Waals surface area contributed by atoms with Gasteiger partial charge in [-0.2, -0.15) is 0 Å². The molecular weight excluding hydrogens is 338 g/mol. The third-order valence-electron chi connectivity index (χ3n) is 3.63. The topological polar surface area (TPSA) is 51.9 Å². The first-order valence-electron chi connectivity index (χ1n) is 7.79. The molecule has 0 aliphatic heterocycles. The lowest BCUT2D eigenvalue weighted by Gasteiger charge is -2.14. The molecule has 0 aliphatic carbocycles. The molecule has 6 heteroatoms. The first-order valence-corrected chi connectivity index (χ1v) is 8.67. The minimum absolute atomic E-state index is 0.156. The summed E-state index contributed by atoms with van der Waals surface area (Å²) in [6.07, 6.45) is 0. The molecule has 5 nitrogen and oxygen atoms in total. The van der Waals surface area contributed by atoms with E-state index < -0.39 is 0 Å². The Balaban J connectivity index is 1.61. The number of rotatable bonds is 7. The van der Waals surface area contributed by atoms with Gasteiger partial charge in [0.05, 0.1) is 13.7 Å². The van der Waals surface area contributed by atoms with Crippen molar-refractivity contribution in [2.75, 3.05) is 14.2 Å². The summed E-state index contributed by atoms with van der Waals surface area (Å²) in [4.78, 5) is 15.2. The molecule has 25 heavy (non-hydrogen) atoms. The number of carbonyl (C=O) groups excluding carboxylic acids is 1. The highest BCUT2D eigenvalue weighted by molar-refractivity contribution is 7.09. The molecule has 0 N–H and O–H groups in total. The molecule has 2 heterocycles. The number of carbonyl (C=O) groups is 1. The van der Waals surface area contributed by atoms with Crippen molar-refractivity contribution >= 4 is 17.2 Å². The average Bonchev–Trinajstić information content (AvgIpc) is 3.31. The Morgan fingerprint density at radius 1 is 1.12 bits per heavy atom. The second-order valence-corrected chi connectivity index (χ2v) is 6.48. The molecule has 130 valence electrons. The maximum Gasteiger partial charge on any atom is 0.289 e. The minimum atomic E-state index is -0.156. The number of thiophene rings is 1. The largest absolute Gasteiger partial charge is 0.493 e. The molecule has 1 amide bonds. The summed E-state index contributed by atoms with van der Waals surface area (Å²) < 4.78 is 16.6. The summed E-state index contributed by atoms with van der Waals surface area (Å²) in [5.74, 6) is 2.01. The van der Waals surface area contributed by atoms with Crippen LogP contribution >= 0.6 is 11.3 Å². The van der Waals surface area contributed by atoms with Crippen LogP contribution < -0.4 is 9.47 Å². The summed E-state index contributed by atoms with van der Waals surface area (Å²) >= 11 is 1.62. The van der Waals surface area contributed by atoms with Gasteiger partial charge in [0.25, 0.3) is 5.91 Å². The molecule has 0 saturated heterocycles. The second-order valence-electron chi connectivity index (χ2n) is 5.45. The highest BCUT2D eigenvalue weighted by Gasteiger charge is 2.17. The van der Waals surface area contributed by atoms with E-state index in [-0.39, 0.29) is 12.5 Å². The van der Waals surface area contributed by atoms with E-state index in [0.29, 0.717) is 29.6 Å². The van der Waals surface area contributed by atoms with Crippen LogP contribution in [-0.2, 0) is 13.2 Å². The Morgan fingerprint density at radius 3 is 2.64 bits per heavy atom. The molecule has 0 bridgehead atoms. The Bertz CT molecular complexity index is 826. The number of hydrogen-bond acceptors (Lipinski definition) is 5. The highest BCUT2D eigenvalue weighted by Crippen LogP contribution is 2.27. The molecule has 0 unspecified atom stereocenters. The van der Waals surface area contributed by atoms with Crippen LogP contribution in [0.25, 0.3) is 0 Å². The van der Waals surface area contributed by atoms with E-state index in [0.717, 1.165) is 4.88 Å². The molecule has 3 aromatic rings. The van der Waals surface area contributed by atoms with Gasteiger partial charge in [0.15, 0.2) is 17.3 Å². The molecule has 0 aliphatic rings. The normalized spacial score (nSPS) is 10.5. The first kappa shape index (κ1) is 17.1. The van der Waals surface area contributed by atoms with Gasteiger partial charge in [-0.05, 0) is 35.7 Å². The van der Waals surface area contributed by atoms with Crippen LogP contribution in [0.5, 0.6) is 11.5 Å². The van der Waals surface area contributed by atoms with E-state index in [9.17, 15) is 4.79 Å². The summed E-state index contributed by atoms with van der Waals surface area (Å²) in [5.41, 5.74) is 0. The van der Waals surface area contributed by atoms with Crippen molar-refractivity contribution in [2.24, 2.45) is 0 Å². The van der Waals surface area contributed by atoms with Crippen molar-refractivity contribution < 1.29 is 18.7 Å². The monoisotopic (exact) mass is 357 g/mol. The van der Waals surface area contributed by atoms with Crippen molar-refractivity contribution in [3.63, 3.8) is 0 Å². The van der Waals surface area contributed by atoms with Crippen molar-refractivity contribution in [3.05, 3.63) is 70.3 Å². The van der Waals surface area contributed by atoms with Crippen LogP contribution in [-0.4, -0.2) is 25.0 Å². The fourth-order valence-electron chi connectivity index (χ4n) is 2.35. The summed E-state index contributed by atoms with van der Waals surface area (Å²) in [6.45, 7) is 0.784. The van der Waals surface area contributed by atoms with E-state index in [1.165, 1.54) is 0 Å². The van der Waals surface area contributed by atoms with Crippen LogP contribution in [0.4, 0.5) is 0 Å². The van der Waals surface area contributed by atoms with Crippen molar-refractivity contribution in [1.82, 2.24) is 4.90 Å². The Labute approximate surface area is 150 Å². The number of methoxy groups -OCH3 is 1. The number of benzene rings is 1. The zero-order chi connectivity index (χ0) is 17.6. The van der Waals surface area contributed by atoms with Gasteiger partial charge in [-0.15, -0.1) is 11.3 Å². The lowest BCUT2D eigenvalue weighted by atomic mass is 10.3. The van der Waals surface area contributed by atoms with Crippen LogP contribution in [0.2, 0.25) is 0 Å². The first-order chi connectivity index (χ1) is 12.2. The van der Waals surface area contributed by atoms with Crippen LogP contribution in [0.3, 0.4) is 0 Å². The number of hydrogen-bond donors (Lipinski definition) is 0. The molecule has 2 aromatic heterocycles. The Kier molecular flexibility index (Phi) is 5.40. The fourth-order valence-corrected chi connectivity index (χ4v) is 3.11. The summed E-state index contributed by atoms with van der Waals surface area (Å²) in [7, 11) is 3.35. The molecule has 0 radical (unpaired) electrons. The van der Waals surface area contributed by atoms with E-state index in [1.54, 1.807) is 42.5 Å². The zero-order valence-corrected chi connectivity index (χ0v) is 14.9. The zero-order valence-electron chi connectivity index (χ0n) is 14.1. The predicted molar refractivity (Wildman–Crippen MR) is 96.2 cm³/mol. The van der Waals surface area contributed by atoms with Gasteiger partial charge in [0.1, 0.15) is 12.4 Å². The maximum atomic E-state index is 12.4. The second kappa shape index (κ2) is 7.90. The van der Waals surface area contributed by atoms with Gasteiger partial charge in [0.2, 0.25) is 0 Å². The van der Waals surface area contributed by atoms with Crippen molar-refractivity contribution in [2.45, 2.75) is 13.2 Å². The number of ether oxygens (including phenoxy) is 2. The summed E-state index contributed by atoms with van der Waals surface area (Å²) in [5, 5.41) is 1.99. The molecule has 0 fully saturated rings. The van der Waals surface area contributed by atoms with Gasteiger partial charge >= 0.3 is 0 Å². The van der Waals surface area contributed by atoms with Crippen LogP contribution in [0.15, 0.2) is 58.3 Å². The van der Waals surface area contributed by atoms with Gasteiger partial charge in [-0.25, -0.2) is 0 Å². The lowest BCUT2D eigenvalue weighted by molar-refractivity contribution is 0.0750. The van der Waals surface area contributed by atoms with Gasteiger partial charge in [-0.1, -0.05) is 18.2 Å². The molecule has 0 atom stereocenters. The summed E-state index contributed by atoms with van der Waals surface area (Å²) in [6, 6.07) is 14.8. The predicted octanol–water partition coefficient (Wildman–Crippen LogP) is 4.20. The van der Waals surface area contributed by atoms with E-state index in [1.807, 2.05) is 41.8 Å². The number of para-hydroxylation sites is 2. The Morgan fingerprint density at radius 2 is 1.92 bits per heavy atom. The van der Waals surface area contributed by atoms with Crippen LogP contribution in [0, 0.1) is 0 Å². The fraction of sp³-hybridized carbons (Fsp3) is 0.211.